The third-order valence-electron chi connectivity index (χ3n) is 1.65. The molecule has 0 aromatic rings. The molecular weight excluding hydrogens is 162 g/mol. The van der Waals surface area contributed by atoms with Crippen molar-refractivity contribution in [2.75, 3.05) is 6.61 Å². The van der Waals surface area contributed by atoms with Crippen molar-refractivity contribution in [3.63, 3.8) is 0 Å². The Labute approximate surface area is 70.5 Å². The number of nitroso groups, excluding NO2 is 1. The van der Waals surface area contributed by atoms with Gasteiger partial charge in [-0.1, -0.05) is 5.18 Å². The van der Waals surface area contributed by atoms with Crippen molar-refractivity contribution in [1.29, 1.82) is 0 Å². The fourth-order valence-electron chi connectivity index (χ4n) is 0.820. The second kappa shape index (κ2) is 4.46. The molecule has 72 valence electrons. The van der Waals surface area contributed by atoms with Crippen LogP contribution in [0.1, 0.15) is 13.3 Å². The maximum absolute atomic E-state index is 10.2. The molecule has 6 nitrogen and oxygen atoms in total. The molecule has 0 bridgehead atoms. The Morgan fingerprint density at radius 3 is 2.42 bits per heavy atom. The van der Waals surface area contributed by atoms with Crippen LogP contribution in [0.15, 0.2) is 5.18 Å². The Hall–Kier alpha value is -0.560. The first-order chi connectivity index (χ1) is 5.43. The zero-order valence-corrected chi connectivity index (χ0v) is 6.97. The van der Waals surface area contributed by atoms with Gasteiger partial charge in [0.25, 0.3) is 0 Å². The lowest BCUT2D eigenvalue weighted by atomic mass is 9.98. The number of hydrogen-bond acceptors (Lipinski definition) is 6. The predicted octanol–water partition coefficient (Wildman–Crippen LogP) is -1.50. The maximum Gasteiger partial charge on any atom is 0.128 e. The molecule has 3 atom stereocenters. The van der Waals surface area contributed by atoms with Gasteiger partial charge in [0.2, 0.25) is 0 Å². The molecule has 0 rings (SSSR count). The molecule has 0 amide bonds. The Balaban J connectivity index is 4.20. The summed E-state index contributed by atoms with van der Waals surface area (Å²) in [5.74, 6) is 0. The highest BCUT2D eigenvalue weighted by atomic mass is 16.3. The minimum atomic E-state index is -1.65. The summed E-state index contributed by atoms with van der Waals surface area (Å²) in [5.41, 5.74) is 9.00. The first-order valence-corrected chi connectivity index (χ1v) is 3.63. The molecule has 0 fully saturated rings. The summed E-state index contributed by atoms with van der Waals surface area (Å²) < 4.78 is 0. The molecule has 0 saturated carbocycles. The zero-order chi connectivity index (χ0) is 9.78. The molecule has 0 aliphatic rings. The van der Waals surface area contributed by atoms with E-state index in [0.717, 1.165) is 0 Å². The van der Waals surface area contributed by atoms with E-state index in [1.165, 1.54) is 6.92 Å². The van der Waals surface area contributed by atoms with Crippen LogP contribution in [-0.2, 0) is 0 Å². The number of aliphatic hydroxyl groups is 2. The Morgan fingerprint density at radius 1 is 1.67 bits per heavy atom. The average Bonchev–Trinajstić information content (AvgIpc) is 1.97. The second-order valence-corrected chi connectivity index (χ2v) is 2.94. The first kappa shape index (κ1) is 11.4. The summed E-state index contributed by atoms with van der Waals surface area (Å²) in [6.07, 6.45) is 0.109. The van der Waals surface area contributed by atoms with Gasteiger partial charge in [-0.3, -0.25) is 0 Å². The molecule has 0 spiro atoms. The molecule has 0 radical (unpaired) electrons. The molecule has 0 heterocycles. The lowest BCUT2D eigenvalue weighted by molar-refractivity contribution is 0.0280. The summed E-state index contributed by atoms with van der Waals surface area (Å²) >= 11 is 0. The third kappa shape index (κ3) is 3.22. The summed E-state index contributed by atoms with van der Waals surface area (Å²) in [6, 6.07) is -1.81. The Morgan fingerprint density at radius 2 is 2.17 bits per heavy atom. The van der Waals surface area contributed by atoms with Crippen molar-refractivity contribution in [2.24, 2.45) is 16.6 Å². The smallest absolute Gasteiger partial charge is 0.128 e. The van der Waals surface area contributed by atoms with Gasteiger partial charge in [-0.05, 0) is 13.3 Å². The molecule has 0 aromatic heterocycles. The van der Waals surface area contributed by atoms with Crippen molar-refractivity contribution in [1.82, 2.24) is 0 Å². The Bertz CT molecular complexity index is 145. The van der Waals surface area contributed by atoms with E-state index < -0.39 is 17.8 Å². The van der Waals surface area contributed by atoms with Crippen LogP contribution in [-0.4, -0.2) is 34.6 Å². The highest BCUT2D eigenvalue weighted by Crippen LogP contribution is 2.10. The molecule has 0 aliphatic heterocycles. The van der Waals surface area contributed by atoms with E-state index in [2.05, 4.69) is 5.18 Å². The van der Waals surface area contributed by atoms with Gasteiger partial charge in [0.15, 0.2) is 0 Å². The molecule has 0 aliphatic carbocycles. The summed E-state index contributed by atoms with van der Waals surface area (Å²) in [5, 5.41) is 20.4. The quantitative estimate of drug-likeness (QED) is 0.300. The van der Waals surface area contributed by atoms with Gasteiger partial charge < -0.3 is 21.7 Å². The van der Waals surface area contributed by atoms with Gasteiger partial charge >= 0.3 is 0 Å². The summed E-state index contributed by atoms with van der Waals surface area (Å²) in [6.45, 7) is 1.08. The van der Waals surface area contributed by atoms with Gasteiger partial charge in [0.05, 0.1) is 6.04 Å². The number of aliphatic hydroxyl groups excluding tert-OH is 1. The number of hydrogen-bond donors (Lipinski definition) is 4. The molecule has 0 saturated heterocycles. The largest absolute Gasteiger partial charge is 0.396 e. The van der Waals surface area contributed by atoms with Crippen molar-refractivity contribution in [2.45, 2.75) is 31.2 Å². The maximum atomic E-state index is 10.2. The normalized spacial score (nSPS) is 21.1. The highest BCUT2D eigenvalue weighted by molar-refractivity contribution is 4.89. The van der Waals surface area contributed by atoms with Gasteiger partial charge in [-0.15, -0.1) is 0 Å². The molecule has 6 N–H and O–H groups in total. The SMILES string of the molecule is CC(N)(O)C(N)C(CCO)N=O. The topological polar surface area (TPSA) is 122 Å². The first-order valence-electron chi connectivity index (χ1n) is 3.63. The van der Waals surface area contributed by atoms with Gasteiger partial charge in [-0.25, -0.2) is 0 Å². The van der Waals surface area contributed by atoms with Crippen molar-refractivity contribution in [3.8, 4) is 0 Å². The molecule has 12 heavy (non-hydrogen) atoms. The summed E-state index contributed by atoms with van der Waals surface area (Å²) in [4.78, 5) is 10.2. The van der Waals surface area contributed by atoms with E-state index in [1.54, 1.807) is 0 Å². The lowest BCUT2D eigenvalue weighted by Gasteiger charge is -2.28. The third-order valence-corrected chi connectivity index (χ3v) is 1.65. The van der Waals surface area contributed by atoms with Crippen molar-refractivity contribution < 1.29 is 10.2 Å². The number of rotatable bonds is 5. The highest BCUT2D eigenvalue weighted by Gasteiger charge is 2.31. The molecule has 6 heteroatoms. The number of nitrogens with zero attached hydrogens (tertiary/aromatic N) is 1. The van der Waals surface area contributed by atoms with E-state index in [4.69, 9.17) is 16.6 Å². The number of nitrogens with two attached hydrogens (primary N) is 2. The second-order valence-electron chi connectivity index (χ2n) is 2.94. The Kier molecular flexibility index (Phi) is 4.25. The van der Waals surface area contributed by atoms with Crippen molar-refractivity contribution >= 4 is 0 Å². The molecule has 3 unspecified atom stereocenters. The van der Waals surface area contributed by atoms with Gasteiger partial charge in [0.1, 0.15) is 11.8 Å². The van der Waals surface area contributed by atoms with Crippen molar-refractivity contribution in [3.05, 3.63) is 4.91 Å². The van der Waals surface area contributed by atoms with E-state index >= 15 is 0 Å². The van der Waals surface area contributed by atoms with Gasteiger partial charge in [-0.2, -0.15) is 4.91 Å². The van der Waals surface area contributed by atoms with Gasteiger partial charge in [0, 0.05) is 6.61 Å². The minimum Gasteiger partial charge on any atom is -0.396 e. The lowest BCUT2D eigenvalue weighted by Crippen LogP contribution is -2.58. The average molecular weight is 177 g/mol. The van der Waals surface area contributed by atoms with Crippen LogP contribution >= 0.6 is 0 Å². The minimum absolute atomic E-state index is 0.109. The van der Waals surface area contributed by atoms with Crippen LogP contribution in [0.2, 0.25) is 0 Å². The van der Waals surface area contributed by atoms with Crippen LogP contribution < -0.4 is 11.5 Å². The van der Waals surface area contributed by atoms with E-state index in [0.29, 0.717) is 0 Å². The monoisotopic (exact) mass is 177 g/mol. The fourth-order valence-corrected chi connectivity index (χ4v) is 0.820. The van der Waals surface area contributed by atoms with E-state index in [-0.39, 0.29) is 13.0 Å². The van der Waals surface area contributed by atoms with Crippen LogP contribution in [0.5, 0.6) is 0 Å². The van der Waals surface area contributed by atoms with Crippen LogP contribution in [0.4, 0.5) is 0 Å². The predicted molar refractivity (Wildman–Crippen MR) is 44.1 cm³/mol. The van der Waals surface area contributed by atoms with Crippen LogP contribution in [0, 0.1) is 4.91 Å². The van der Waals surface area contributed by atoms with E-state index in [1.807, 2.05) is 0 Å². The van der Waals surface area contributed by atoms with Crippen LogP contribution in [0.3, 0.4) is 0 Å². The van der Waals surface area contributed by atoms with Crippen LogP contribution in [0.25, 0.3) is 0 Å². The van der Waals surface area contributed by atoms with E-state index in [9.17, 15) is 10.0 Å². The standard InChI is InChI=1S/C6H15N3O3/c1-6(8,11)5(7)4(9-12)2-3-10/h4-5,10-11H,2-3,7-8H2,1H3. The molecular formula is C6H15N3O3. The molecule has 0 aromatic carbocycles. The fraction of sp³-hybridized carbons (Fsp3) is 1.00. The summed E-state index contributed by atoms with van der Waals surface area (Å²) in [7, 11) is 0. The zero-order valence-electron chi connectivity index (χ0n) is 6.97.